The van der Waals surface area contributed by atoms with Crippen LogP contribution < -0.4 is 0 Å². The molecule has 0 unspecified atom stereocenters. The lowest BCUT2D eigenvalue weighted by atomic mass is 10.0. The fraction of sp³-hybridized carbons (Fsp3) is 0.955. The van der Waals surface area contributed by atoms with E-state index in [1.165, 1.54) is 116 Å². The molecule has 0 bridgehead atoms. The molecule has 0 atom stereocenters. The summed E-state index contributed by atoms with van der Waals surface area (Å²) in [6, 6.07) is 0. The van der Waals surface area contributed by atoms with Gasteiger partial charge < -0.3 is 5.11 Å². The normalized spacial score (nSPS) is 11.2. The van der Waals surface area contributed by atoms with Crippen molar-refractivity contribution in [3.05, 3.63) is 6.42 Å². The molecule has 0 amide bonds. The predicted octanol–water partition coefficient (Wildman–Crippen LogP) is 7.61. The van der Waals surface area contributed by atoms with Crippen LogP contribution in [0.5, 0.6) is 0 Å². The van der Waals surface area contributed by atoms with E-state index in [0.29, 0.717) is 6.61 Å². The first-order valence-electron chi connectivity index (χ1n) is 10.8. The van der Waals surface area contributed by atoms with Crippen LogP contribution in [0.2, 0.25) is 0 Å². The van der Waals surface area contributed by atoms with Crippen LogP contribution in [0.4, 0.5) is 0 Å². The Morgan fingerprint density at radius 3 is 1.22 bits per heavy atom. The maximum Gasteiger partial charge on any atom is 0.0431 e. The molecular formula is C22H45O. The van der Waals surface area contributed by atoms with E-state index in [4.69, 9.17) is 5.11 Å². The zero-order chi connectivity index (χ0) is 16.8. The van der Waals surface area contributed by atoms with Gasteiger partial charge in [-0.25, -0.2) is 0 Å². The maximum atomic E-state index is 8.71. The van der Waals surface area contributed by atoms with E-state index < -0.39 is 0 Å². The van der Waals surface area contributed by atoms with Crippen LogP contribution in [-0.2, 0) is 0 Å². The third kappa shape index (κ3) is 22.0. The van der Waals surface area contributed by atoms with Crippen molar-refractivity contribution in [2.75, 3.05) is 6.61 Å². The number of unbranched alkanes of at least 4 members (excludes halogenated alkanes) is 19. The number of aliphatic hydroxyl groups excluding tert-OH is 1. The maximum absolute atomic E-state index is 8.71. The summed E-state index contributed by atoms with van der Waals surface area (Å²) in [5, 5.41) is 8.71. The Morgan fingerprint density at radius 2 is 0.826 bits per heavy atom. The summed E-state index contributed by atoms with van der Waals surface area (Å²) in [4.78, 5) is 0. The van der Waals surface area contributed by atoms with Gasteiger partial charge in [-0.1, -0.05) is 122 Å². The Labute approximate surface area is 147 Å². The fourth-order valence-corrected chi connectivity index (χ4v) is 3.20. The molecule has 1 nitrogen and oxygen atoms in total. The largest absolute Gasteiger partial charge is 0.396 e. The topological polar surface area (TPSA) is 20.2 Å². The summed E-state index contributed by atoms with van der Waals surface area (Å²) < 4.78 is 0. The second-order valence-electron chi connectivity index (χ2n) is 7.25. The molecule has 0 rings (SSSR count). The molecule has 0 aliphatic rings. The number of aliphatic hydroxyl groups is 1. The summed E-state index contributed by atoms with van der Waals surface area (Å²) in [6.45, 7) is 2.66. The van der Waals surface area contributed by atoms with Gasteiger partial charge in [0.05, 0.1) is 0 Å². The molecule has 0 heterocycles. The fourth-order valence-electron chi connectivity index (χ4n) is 3.20. The van der Waals surface area contributed by atoms with E-state index in [-0.39, 0.29) is 0 Å². The SMILES string of the molecule is CCCCCCCCC[CH]CCCCCCCCCCCCO. The molecule has 0 aliphatic carbocycles. The van der Waals surface area contributed by atoms with E-state index in [1.807, 2.05) is 0 Å². The van der Waals surface area contributed by atoms with Gasteiger partial charge in [-0.2, -0.15) is 0 Å². The Balaban J connectivity index is 2.92. The minimum atomic E-state index is 0.371. The summed E-state index contributed by atoms with van der Waals surface area (Å²) >= 11 is 0. The quantitative estimate of drug-likeness (QED) is 0.228. The Hall–Kier alpha value is -0.0400. The molecule has 139 valence electrons. The van der Waals surface area contributed by atoms with Crippen molar-refractivity contribution in [2.45, 2.75) is 129 Å². The van der Waals surface area contributed by atoms with Crippen LogP contribution in [0.3, 0.4) is 0 Å². The van der Waals surface area contributed by atoms with Crippen molar-refractivity contribution >= 4 is 0 Å². The smallest absolute Gasteiger partial charge is 0.0431 e. The van der Waals surface area contributed by atoms with E-state index in [2.05, 4.69) is 13.3 Å². The van der Waals surface area contributed by atoms with Crippen LogP contribution >= 0.6 is 0 Å². The average molecular weight is 326 g/mol. The monoisotopic (exact) mass is 325 g/mol. The summed E-state index contributed by atoms with van der Waals surface area (Å²) in [6.07, 6.45) is 28.6. The third-order valence-corrected chi connectivity index (χ3v) is 4.83. The van der Waals surface area contributed by atoms with Gasteiger partial charge >= 0.3 is 0 Å². The minimum absolute atomic E-state index is 0.371. The number of hydrogen-bond acceptors (Lipinski definition) is 1. The average Bonchev–Trinajstić information content (AvgIpc) is 2.57. The van der Waals surface area contributed by atoms with Gasteiger partial charge in [0.1, 0.15) is 0 Å². The summed E-state index contributed by atoms with van der Waals surface area (Å²) in [5.41, 5.74) is 0. The van der Waals surface area contributed by atoms with Crippen molar-refractivity contribution in [3.63, 3.8) is 0 Å². The van der Waals surface area contributed by atoms with Crippen LogP contribution in [0.15, 0.2) is 0 Å². The van der Waals surface area contributed by atoms with Gasteiger partial charge in [-0.15, -0.1) is 0 Å². The van der Waals surface area contributed by atoms with E-state index in [0.717, 1.165) is 6.42 Å². The van der Waals surface area contributed by atoms with Gasteiger partial charge in [0.25, 0.3) is 0 Å². The lowest BCUT2D eigenvalue weighted by Crippen LogP contribution is -1.85. The van der Waals surface area contributed by atoms with E-state index in [1.54, 1.807) is 0 Å². The predicted molar refractivity (Wildman–Crippen MR) is 105 cm³/mol. The molecule has 1 heteroatoms. The first kappa shape index (κ1) is 23.0. The third-order valence-electron chi connectivity index (χ3n) is 4.83. The summed E-state index contributed by atoms with van der Waals surface area (Å²) in [5.74, 6) is 0. The van der Waals surface area contributed by atoms with Crippen molar-refractivity contribution < 1.29 is 5.11 Å². The molecule has 0 aromatic rings. The highest BCUT2D eigenvalue weighted by Gasteiger charge is 1.95. The minimum Gasteiger partial charge on any atom is -0.396 e. The first-order chi connectivity index (χ1) is 11.4. The van der Waals surface area contributed by atoms with Gasteiger partial charge in [-0.3, -0.25) is 0 Å². The molecule has 0 aliphatic heterocycles. The molecule has 0 saturated carbocycles. The van der Waals surface area contributed by atoms with Gasteiger partial charge in [-0.05, 0) is 12.8 Å². The molecule has 0 saturated heterocycles. The van der Waals surface area contributed by atoms with Crippen LogP contribution in [0.1, 0.15) is 129 Å². The molecule has 23 heavy (non-hydrogen) atoms. The van der Waals surface area contributed by atoms with Crippen LogP contribution in [-0.4, -0.2) is 11.7 Å². The Morgan fingerprint density at radius 1 is 0.478 bits per heavy atom. The van der Waals surface area contributed by atoms with Crippen molar-refractivity contribution in [1.29, 1.82) is 0 Å². The first-order valence-corrected chi connectivity index (χ1v) is 10.8. The van der Waals surface area contributed by atoms with Crippen molar-refractivity contribution in [3.8, 4) is 0 Å². The zero-order valence-electron chi connectivity index (χ0n) is 16.2. The molecule has 1 radical (unpaired) electrons. The molecular weight excluding hydrogens is 280 g/mol. The van der Waals surface area contributed by atoms with E-state index >= 15 is 0 Å². The van der Waals surface area contributed by atoms with Crippen molar-refractivity contribution in [1.82, 2.24) is 0 Å². The molecule has 0 aromatic carbocycles. The Bertz CT molecular complexity index is 170. The number of hydrogen-bond donors (Lipinski definition) is 1. The molecule has 0 aromatic heterocycles. The van der Waals surface area contributed by atoms with Gasteiger partial charge in [0.15, 0.2) is 0 Å². The standard InChI is InChI=1S/C22H45O/c1-2-3-4-5-6-7-8-9-10-11-12-13-14-15-16-17-18-19-20-21-22-23/h10,23H,2-9,11-22H2,1H3. The van der Waals surface area contributed by atoms with Gasteiger partial charge in [0, 0.05) is 6.61 Å². The second kappa shape index (κ2) is 22.0. The van der Waals surface area contributed by atoms with Crippen molar-refractivity contribution in [2.24, 2.45) is 0 Å². The molecule has 1 N–H and O–H groups in total. The lowest BCUT2D eigenvalue weighted by molar-refractivity contribution is 0.282. The van der Waals surface area contributed by atoms with Crippen LogP contribution in [0.25, 0.3) is 0 Å². The Kier molecular flexibility index (Phi) is 21.9. The summed E-state index contributed by atoms with van der Waals surface area (Å²) in [7, 11) is 0. The number of rotatable bonds is 20. The molecule has 0 fully saturated rings. The zero-order valence-corrected chi connectivity index (χ0v) is 16.2. The van der Waals surface area contributed by atoms with Gasteiger partial charge in [0.2, 0.25) is 0 Å². The highest BCUT2D eigenvalue weighted by molar-refractivity contribution is 4.64. The highest BCUT2D eigenvalue weighted by Crippen LogP contribution is 2.14. The molecule has 0 spiro atoms. The highest BCUT2D eigenvalue weighted by atomic mass is 16.2. The van der Waals surface area contributed by atoms with Crippen LogP contribution in [0, 0.1) is 6.42 Å². The lowest BCUT2D eigenvalue weighted by Gasteiger charge is -2.03. The second-order valence-corrected chi connectivity index (χ2v) is 7.25. The van der Waals surface area contributed by atoms with E-state index in [9.17, 15) is 0 Å².